The Bertz CT molecular complexity index is 852. The van der Waals surface area contributed by atoms with Crippen LogP contribution in [0.3, 0.4) is 0 Å². The minimum Gasteiger partial charge on any atom is -0.301 e. The molecule has 0 atom stereocenters. The van der Waals surface area contributed by atoms with Gasteiger partial charge in [0.05, 0.1) is 0 Å². The molecule has 0 fully saturated rings. The van der Waals surface area contributed by atoms with E-state index in [-0.39, 0.29) is 5.78 Å². The minimum atomic E-state index is -0.0298. The molecule has 0 aliphatic heterocycles. The van der Waals surface area contributed by atoms with E-state index in [0.717, 1.165) is 5.56 Å². The smallest absolute Gasteiger partial charge is 0.193 e. The van der Waals surface area contributed by atoms with Gasteiger partial charge in [-0.15, -0.1) is 0 Å². The SMILES string of the molecule is CN(C)/N=C(\c1ccccc1C(=O)c1ccccc1)n1ccnc1. The number of imidazole rings is 1. The highest BCUT2D eigenvalue weighted by atomic mass is 16.1. The van der Waals surface area contributed by atoms with Gasteiger partial charge in [-0.05, 0) is 0 Å². The average Bonchev–Trinajstić information content (AvgIpc) is 3.14. The lowest BCUT2D eigenvalue weighted by Crippen LogP contribution is -2.20. The standard InChI is InChI=1S/C19H18N4O/c1-22(2)21-19(23-13-12-20-14-23)17-11-7-6-10-16(17)18(24)15-8-4-3-5-9-15/h3-14H,1-2H3/b21-19+. The minimum absolute atomic E-state index is 0.0298. The fraction of sp³-hybridized carbons (Fsp3) is 0.105. The molecule has 2 aromatic carbocycles. The van der Waals surface area contributed by atoms with Crippen molar-refractivity contribution in [2.24, 2.45) is 5.10 Å². The molecule has 1 heterocycles. The normalized spacial score (nSPS) is 11.3. The third-order valence-corrected chi connectivity index (χ3v) is 3.49. The summed E-state index contributed by atoms with van der Waals surface area (Å²) in [5.41, 5.74) is 2.02. The summed E-state index contributed by atoms with van der Waals surface area (Å²) in [5.74, 6) is 0.621. The average molecular weight is 318 g/mol. The van der Waals surface area contributed by atoms with Crippen molar-refractivity contribution in [3.05, 3.63) is 90.0 Å². The second-order valence-corrected chi connectivity index (χ2v) is 5.48. The van der Waals surface area contributed by atoms with Crippen LogP contribution < -0.4 is 0 Å². The zero-order chi connectivity index (χ0) is 16.9. The van der Waals surface area contributed by atoms with Crippen LogP contribution in [0.5, 0.6) is 0 Å². The van der Waals surface area contributed by atoms with E-state index in [1.807, 2.05) is 74.9 Å². The molecular formula is C19H18N4O. The van der Waals surface area contributed by atoms with E-state index in [1.165, 1.54) is 0 Å². The summed E-state index contributed by atoms with van der Waals surface area (Å²) in [5, 5.41) is 6.25. The fourth-order valence-corrected chi connectivity index (χ4v) is 2.44. The topological polar surface area (TPSA) is 50.5 Å². The van der Waals surface area contributed by atoms with Gasteiger partial charge < -0.3 is 5.01 Å². The van der Waals surface area contributed by atoms with Crippen LogP contribution in [-0.2, 0) is 0 Å². The van der Waals surface area contributed by atoms with E-state index < -0.39 is 0 Å². The molecule has 0 aliphatic rings. The van der Waals surface area contributed by atoms with Crippen molar-refractivity contribution < 1.29 is 4.79 Å². The molecule has 0 unspecified atom stereocenters. The molecule has 0 aliphatic carbocycles. The lowest BCUT2D eigenvalue weighted by molar-refractivity contribution is 0.103. The molecule has 5 nitrogen and oxygen atoms in total. The number of aromatic nitrogens is 2. The zero-order valence-electron chi connectivity index (χ0n) is 13.6. The summed E-state index contributed by atoms with van der Waals surface area (Å²) in [4.78, 5) is 17.0. The van der Waals surface area contributed by atoms with Crippen LogP contribution in [0.2, 0.25) is 0 Å². The Labute approximate surface area is 140 Å². The number of ketones is 1. The van der Waals surface area contributed by atoms with Gasteiger partial charge in [0.25, 0.3) is 0 Å². The van der Waals surface area contributed by atoms with Crippen LogP contribution in [0.15, 0.2) is 78.4 Å². The van der Waals surface area contributed by atoms with Crippen LogP contribution in [0.1, 0.15) is 21.5 Å². The van der Waals surface area contributed by atoms with Gasteiger partial charge in [-0.3, -0.25) is 9.36 Å². The Morgan fingerprint density at radius 2 is 1.67 bits per heavy atom. The molecule has 120 valence electrons. The second-order valence-electron chi connectivity index (χ2n) is 5.48. The van der Waals surface area contributed by atoms with Gasteiger partial charge in [0, 0.05) is 43.2 Å². The van der Waals surface area contributed by atoms with Crippen LogP contribution >= 0.6 is 0 Å². The van der Waals surface area contributed by atoms with Crippen LogP contribution in [0.4, 0.5) is 0 Å². The van der Waals surface area contributed by atoms with Crippen LogP contribution in [0, 0.1) is 0 Å². The highest BCUT2D eigenvalue weighted by Crippen LogP contribution is 2.17. The Morgan fingerprint density at radius 1 is 1.00 bits per heavy atom. The summed E-state index contributed by atoms with van der Waals surface area (Å²) in [6.07, 6.45) is 5.17. The molecule has 3 rings (SSSR count). The predicted octanol–water partition coefficient (Wildman–Crippen LogP) is 2.89. The molecule has 0 spiro atoms. The van der Waals surface area contributed by atoms with E-state index >= 15 is 0 Å². The Hall–Kier alpha value is -3.21. The monoisotopic (exact) mass is 318 g/mol. The van der Waals surface area contributed by atoms with E-state index in [0.29, 0.717) is 17.0 Å². The molecule has 0 N–H and O–H groups in total. The maximum absolute atomic E-state index is 12.9. The van der Waals surface area contributed by atoms with Gasteiger partial charge in [-0.1, -0.05) is 54.6 Å². The van der Waals surface area contributed by atoms with Crippen molar-refractivity contribution in [3.8, 4) is 0 Å². The zero-order valence-corrected chi connectivity index (χ0v) is 13.6. The van der Waals surface area contributed by atoms with Gasteiger partial charge in [0.15, 0.2) is 11.6 Å². The van der Waals surface area contributed by atoms with E-state index in [9.17, 15) is 4.79 Å². The molecule has 0 radical (unpaired) electrons. The van der Waals surface area contributed by atoms with Crippen LogP contribution in [-0.4, -0.2) is 40.3 Å². The number of nitrogens with zero attached hydrogens (tertiary/aromatic N) is 4. The number of rotatable bonds is 4. The summed E-state index contributed by atoms with van der Waals surface area (Å²) in [6, 6.07) is 16.7. The molecule has 5 heteroatoms. The lowest BCUT2D eigenvalue weighted by Gasteiger charge is -2.15. The van der Waals surface area contributed by atoms with Crippen molar-refractivity contribution in [1.29, 1.82) is 0 Å². The number of carbonyl (C=O) groups excluding carboxylic acids is 1. The van der Waals surface area contributed by atoms with Gasteiger partial charge in [0.1, 0.15) is 6.33 Å². The lowest BCUT2D eigenvalue weighted by atomic mass is 9.97. The van der Waals surface area contributed by atoms with Gasteiger partial charge in [-0.2, -0.15) is 5.10 Å². The Balaban J connectivity index is 2.13. The highest BCUT2D eigenvalue weighted by Gasteiger charge is 2.18. The number of carbonyl (C=O) groups is 1. The first-order valence-electron chi connectivity index (χ1n) is 7.60. The summed E-state index contributed by atoms with van der Waals surface area (Å²) < 4.78 is 1.80. The number of benzene rings is 2. The molecule has 0 saturated carbocycles. The molecular weight excluding hydrogens is 300 g/mol. The largest absolute Gasteiger partial charge is 0.301 e. The third kappa shape index (κ3) is 3.25. The van der Waals surface area contributed by atoms with Crippen molar-refractivity contribution in [1.82, 2.24) is 14.6 Å². The number of hydrogen-bond donors (Lipinski definition) is 0. The summed E-state index contributed by atoms with van der Waals surface area (Å²) in [7, 11) is 3.69. The second kappa shape index (κ2) is 6.91. The Kier molecular flexibility index (Phi) is 4.52. The first kappa shape index (κ1) is 15.7. The van der Waals surface area contributed by atoms with Crippen molar-refractivity contribution >= 4 is 11.6 Å². The van der Waals surface area contributed by atoms with Gasteiger partial charge >= 0.3 is 0 Å². The molecule has 0 amide bonds. The molecule has 24 heavy (non-hydrogen) atoms. The van der Waals surface area contributed by atoms with E-state index in [1.54, 1.807) is 22.1 Å². The molecule has 0 saturated heterocycles. The third-order valence-electron chi connectivity index (χ3n) is 3.49. The van der Waals surface area contributed by atoms with E-state index in [2.05, 4.69) is 10.1 Å². The highest BCUT2D eigenvalue weighted by molar-refractivity contribution is 6.16. The Morgan fingerprint density at radius 3 is 2.29 bits per heavy atom. The fourth-order valence-electron chi connectivity index (χ4n) is 2.44. The molecule has 0 bridgehead atoms. The van der Waals surface area contributed by atoms with E-state index in [4.69, 9.17) is 0 Å². The first-order valence-corrected chi connectivity index (χ1v) is 7.60. The molecule has 1 aromatic heterocycles. The number of hydrogen-bond acceptors (Lipinski definition) is 4. The quantitative estimate of drug-likeness (QED) is 0.322. The summed E-state index contributed by atoms with van der Waals surface area (Å²) in [6.45, 7) is 0. The maximum atomic E-state index is 12.9. The van der Waals surface area contributed by atoms with Gasteiger partial charge in [0.2, 0.25) is 0 Å². The molecule has 3 aromatic rings. The maximum Gasteiger partial charge on any atom is 0.193 e. The number of hydrazone groups is 1. The summed E-state index contributed by atoms with van der Waals surface area (Å²) >= 11 is 0. The van der Waals surface area contributed by atoms with Crippen molar-refractivity contribution in [2.45, 2.75) is 0 Å². The first-order chi connectivity index (χ1) is 11.7. The van der Waals surface area contributed by atoms with Crippen molar-refractivity contribution in [2.75, 3.05) is 14.1 Å². The van der Waals surface area contributed by atoms with Crippen LogP contribution in [0.25, 0.3) is 0 Å². The van der Waals surface area contributed by atoms with Gasteiger partial charge in [-0.25, -0.2) is 4.98 Å². The van der Waals surface area contributed by atoms with Crippen molar-refractivity contribution in [3.63, 3.8) is 0 Å². The predicted molar refractivity (Wildman–Crippen MR) is 94.2 cm³/mol.